The molecule has 0 aromatic heterocycles. The van der Waals surface area contributed by atoms with Crippen molar-refractivity contribution in [3.05, 3.63) is 28.0 Å². The van der Waals surface area contributed by atoms with Crippen molar-refractivity contribution in [2.24, 2.45) is 0 Å². The van der Waals surface area contributed by atoms with E-state index in [-0.39, 0.29) is 16.3 Å². The minimum atomic E-state index is -0.857. The molecule has 0 radical (unpaired) electrons. The van der Waals surface area contributed by atoms with Crippen LogP contribution in [0.2, 0.25) is 5.02 Å². The number of hydrogen-bond donors (Lipinski definition) is 1. The molecule has 1 aliphatic carbocycles. The van der Waals surface area contributed by atoms with E-state index in [2.05, 4.69) is 0 Å². The second-order valence-electron chi connectivity index (χ2n) is 3.91. The molecule has 2 nitrogen and oxygen atoms in total. The van der Waals surface area contributed by atoms with Gasteiger partial charge in [-0.25, -0.2) is 4.39 Å². The van der Waals surface area contributed by atoms with Crippen LogP contribution in [0.25, 0.3) is 0 Å². The molecular formula is C11H9ClFNO. The summed E-state index contributed by atoms with van der Waals surface area (Å²) >= 11 is 5.76. The summed E-state index contributed by atoms with van der Waals surface area (Å²) < 4.78 is 13.8. The third-order valence-corrected chi connectivity index (χ3v) is 3.10. The summed E-state index contributed by atoms with van der Waals surface area (Å²) in [6, 6.07) is 3.41. The average Bonchev–Trinajstić information content (AvgIpc) is 2.96. The summed E-state index contributed by atoms with van der Waals surface area (Å²) in [6.45, 7) is 1.57. The van der Waals surface area contributed by atoms with Crippen LogP contribution in [0.1, 0.15) is 24.0 Å². The number of aryl methyl sites for hydroxylation is 1. The van der Waals surface area contributed by atoms with E-state index in [1.165, 1.54) is 6.07 Å². The number of phenolic OH excluding ortho intramolecular Hbond substituents is 1. The van der Waals surface area contributed by atoms with Crippen molar-refractivity contribution in [2.75, 3.05) is 0 Å². The highest BCUT2D eigenvalue weighted by Crippen LogP contribution is 2.53. The molecule has 1 aliphatic rings. The fourth-order valence-electron chi connectivity index (χ4n) is 1.72. The van der Waals surface area contributed by atoms with Crippen LogP contribution in [-0.2, 0) is 5.41 Å². The van der Waals surface area contributed by atoms with Gasteiger partial charge in [-0.05, 0) is 31.4 Å². The summed E-state index contributed by atoms with van der Waals surface area (Å²) in [6.07, 6.45) is 1.15. The maximum atomic E-state index is 13.8. The zero-order chi connectivity index (χ0) is 11.2. The Hall–Kier alpha value is -1.27. The van der Waals surface area contributed by atoms with Crippen LogP contribution < -0.4 is 0 Å². The van der Waals surface area contributed by atoms with Crippen molar-refractivity contribution in [3.63, 3.8) is 0 Å². The number of aromatic hydroxyl groups is 1. The van der Waals surface area contributed by atoms with Crippen molar-refractivity contribution >= 4 is 11.6 Å². The lowest BCUT2D eigenvalue weighted by Crippen LogP contribution is -2.08. The molecule has 1 fully saturated rings. The van der Waals surface area contributed by atoms with Crippen molar-refractivity contribution in [2.45, 2.75) is 25.2 Å². The normalized spacial score (nSPS) is 17.2. The molecule has 0 spiro atoms. The maximum absolute atomic E-state index is 13.8. The van der Waals surface area contributed by atoms with E-state index >= 15 is 0 Å². The highest BCUT2D eigenvalue weighted by molar-refractivity contribution is 6.32. The Morgan fingerprint density at radius 3 is 2.67 bits per heavy atom. The fraction of sp³-hybridized carbons (Fsp3) is 0.364. The number of nitrogens with zero attached hydrogens (tertiary/aromatic N) is 1. The molecule has 78 valence electrons. The molecule has 1 saturated carbocycles. The number of phenols is 1. The summed E-state index contributed by atoms with van der Waals surface area (Å²) in [7, 11) is 0. The van der Waals surface area contributed by atoms with Crippen LogP contribution in [0.4, 0.5) is 4.39 Å². The summed E-state index contributed by atoms with van der Waals surface area (Å²) in [5.41, 5.74) is -0.437. The highest BCUT2D eigenvalue weighted by Gasteiger charge is 2.49. The monoisotopic (exact) mass is 225 g/mol. The summed E-state index contributed by atoms with van der Waals surface area (Å²) in [4.78, 5) is 0. The van der Waals surface area contributed by atoms with Gasteiger partial charge in [-0.2, -0.15) is 5.26 Å². The molecule has 0 aliphatic heterocycles. The molecule has 2 rings (SSSR count). The van der Waals surface area contributed by atoms with Gasteiger partial charge < -0.3 is 5.11 Å². The average molecular weight is 226 g/mol. The van der Waals surface area contributed by atoms with Crippen LogP contribution in [0.15, 0.2) is 6.07 Å². The zero-order valence-electron chi connectivity index (χ0n) is 8.14. The number of benzene rings is 1. The van der Waals surface area contributed by atoms with Gasteiger partial charge in [0.05, 0.1) is 22.1 Å². The third-order valence-electron chi connectivity index (χ3n) is 2.81. The van der Waals surface area contributed by atoms with Crippen LogP contribution in [0, 0.1) is 24.1 Å². The van der Waals surface area contributed by atoms with E-state index in [1.807, 2.05) is 6.07 Å². The van der Waals surface area contributed by atoms with E-state index in [0.717, 1.165) is 0 Å². The first-order valence-corrected chi connectivity index (χ1v) is 4.99. The minimum Gasteiger partial charge on any atom is -0.506 e. The van der Waals surface area contributed by atoms with E-state index in [9.17, 15) is 9.50 Å². The second-order valence-corrected chi connectivity index (χ2v) is 4.31. The maximum Gasteiger partial charge on any atom is 0.141 e. The quantitative estimate of drug-likeness (QED) is 0.798. The molecule has 4 heteroatoms. The molecule has 15 heavy (non-hydrogen) atoms. The first-order valence-electron chi connectivity index (χ1n) is 4.61. The molecule has 0 bridgehead atoms. The number of rotatable bonds is 1. The van der Waals surface area contributed by atoms with Gasteiger partial charge in [0, 0.05) is 0 Å². The van der Waals surface area contributed by atoms with E-state index in [0.29, 0.717) is 18.4 Å². The van der Waals surface area contributed by atoms with Crippen LogP contribution >= 0.6 is 11.6 Å². The molecular weight excluding hydrogens is 217 g/mol. The van der Waals surface area contributed by atoms with E-state index in [1.54, 1.807) is 6.92 Å². The predicted molar refractivity (Wildman–Crippen MR) is 54.3 cm³/mol. The molecule has 0 saturated heterocycles. The largest absolute Gasteiger partial charge is 0.506 e. The topological polar surface area (TPSA) is 44.0 Å². The first kappa shape index (κ1) is 10.3. The van der Waals surface area contributed by atoms with Gasteiger partial charge in [-0.15, -0.1) is 0 Å². The Labute approximate surface area is 91.9 Å². The Morgan fingerprint density at radius 1 is 1.60 bits per heavy atom. The second kappa shape index (κ2) is 3.11. The number of hydrogen-bond acceptors (Lipinski definition) is 2. The lowest BCUT2D eigenvalue weighted by atomic mass is 9.94. The lowest BCUT2D eigenvalue weighted by molar-refractivity contribution is 0.453. The lowest BCUT2D eigenvalue weighted by Gasteiger charge is -2.13. The van der Waals surface area contributed by atoms with Crippen molar-refractivity contribution < 1.29 is 9.50 Å². The Kier molecular flexibility index (Phi) is 2.13. The minimum absolute atomic E-state index is 0.0648. The molecule has 0 atom stereocenters. The first-order chi connectivity index (χ1) is 7.02. The molecule has 1 aromatic carbocycles. The SMILES string of the molecule is Cc1cc(Cl)c(O)c(C2(C#N)CC2)c1F. The van der Waals surface area contributed by atoms with Crippen LogP contribution in [0.5, 0.6) is 5.75 Å². The highest BCUT2D eigenvalue weighted by atomic mass is 35.5. The van der Waals surface area contributed by atoms with Gasteiger partial charge in [0.2, 0.25) is 0 Å². The smallest absolute Gasteiger partial charge is 0.141 e. The summed E-state index contributed by atoms with van der Waals surface area (Å²) in [5, 5.41) is 18.8. The van der Waals surface area contributed by atoms with Gasteiger partial charge in [0.15, 0.2) is 0 Å². The standard InChI is InChI=1S/C11H9ClFNO/c1-6-4-7(12)10(15)8(9(6)13)11(5-14)2-3-11/h4,15H,2-3H2,1H3. The number of nitriles is 1. The third kappa shape index (κ3) is 1.37. The Bertz CT molecular complexity index is 448. The van der Waals surface area contributed by atoms with E-state index < -0.39 is 11.2 Å². The fourth-order valence-corrected chi connectivity index (χ4v) is 1.98. The van der Waals surface area contributed by atoms with Crippen LogP contribution in [0.3, 0.4) is 0 Å². The Balaban J connectivity index is 2.71. The van der Waals surface area contributed by atoms with Gasteiger partial charge in [0.1, 0.15) is 11.6 Å². The molecule has 0 heterocycles. The van der Waals surface area contributed by atoms with Gasteiger partial charge in [0.25, 0.3) is 0 Å². The molecule has 0 unspecified atom stereocenters. The Morgan fingerprint density at radius 2 is 2.20 bits per heavy atom. The van der Waals surface area contributed by atoms with E-state index in [4.69, 9.17) is 16.9 Å². The molecule has 1 N–H and O–H groups in total. The van der Waals surface area contributed by atoms with Crippen molar-refractivity contribution in [1.82, 2.24) is 0 Å². The molecule has 0 amide bonds. The zero-order valence-corrected chi connectivity index (χ0v) is 8.90. The number of halogens is 2. The van der Waals surface area contributed by atoms with Gasteiger partial charge in [-0.3, -0.25) is 0 Å². The van der Waals surface area contributed by atoms with Crippen molar-refractivity contribution in [1.29, 1.82) is 5.26 Å². The van der Waals surface area contributed by atoms with Gasteiger partial charge in [-0.1, -0.05) is 11.6 Å². The van der Waals surface area contributed by atoms with Crippen molar-refractivity contribution in [3.8, 4) is 11.8 Å². The van der Waals surface area contributed by atoms with Crippen LogP contribution in [-0.4, -0.2) is 5.11 Å². The molecule has 1 aromatic rings. The summed E-state index contributed by atoms with van der Waals surface area (Å²) in [5.74, 6) is -0.810. The predicted octanol–water partition coefficient (Wildman–Crippen LogP) is 3.05. The van der Waals surface area contributed by atoms with Gasteiger partial charge >= 0.3 is 0 Å².